The van der Waals surface area contributed by atoms with E-state index in [-0.39, 0.29) is 36.2 Å². The van der Waals surface area contributed by atoms with Crippen LogP contribution in [0.3, 0.4) is 0 Å². The maximum Gasteiger partial charge on any atom is 0.362 e. The van der Waals surface area contributed by atoms with Gasteiger partial charge in [-0.15, -0.1) is 0 Å². The number of carboxylic acids is 1. The van der Waals surface area contributed by atoms with Gasteiger partial charge < -0.3 is 23.8 Å². The summed E-state index contributed by atoms with van der Waals surface area (Å²) in [6.07, 6.45) is 49.0. The van der Waals surface area contributed by atoms with Gasteiger partial charge in [-0.05, 0) is 70.6 Å². The van der Waals surface area contributed by atoms with Crippen molar-refractivity contribution >= 4 is 17.9 Å². The second kappa shape index (κ2) is 42.2. The Morgan fingerprint density at radius 3 is 1.32 bits per heavy atom. The maximum atomic E-state index is 12.8. The fraction of sp³-hybridized carbons (Fsp3) is 0.824. The number of rotatable bonds is 44. The van der Waals surface area contributed by atoms with Crippen molar-refractivity contribution in [3.8, 4) is 0 Å². The molecule has 0 aliphatic carbocycles. The first-order valence-corrected chi connectivity index (χ1v) is 24.5. The first-order chi connectivity index (χ1) is 28.6. The number of unbranched alkanes of at least 4 members (excludes halogenated alkanes) is 24. The number of carboxylic acid groups (broad SMARTS) is 1. The summed E-state index contributed by atoms with van der Waals surface area (Å²) in [5.74, 6) is -1.48. The van der Waals surface area contributed by atoms with Crippen LogP contribution in [0.4, 0.5) is 0 Å². The topological polar surface area (TPSA) is 99.1 Å². The van der Waals surface area contributed by atoms with Crippen LogP contribution < -0.4 is 0 Å². The van der Waals surface area contributed by atoms with E-state index in [2.05, 4.69) is 50.3 Å². The number of hydrogen-bond donors (Lipinski definition) is 1. The van der Waals surface area contributed by atoms with Crippen LogP contribution in [-0.2, 0) is 28.6 Å². The summed E-state index contributed by atoms with van der Waals surface area (Å²) >= 11 is 0. The van der Waals surface area contributed by atoms with Crippen molar-refractivity contribution in [1.82, 2.24) is 0 Å². The van der Waals surface area contributed by atoms with Gasteiger partial charge in [0.25, 0.3) is 0 Å². The number of carbonyl (C=O) groups is 3. The van der Waals surface area contributed by atoms with Crippen LogP contribution in [0.5, 0.6) is 0 Å². The van der Waals surface area contributed by atoms with Gasteiger partial charge in [-0.3, -0.25) is 9.59 Å². The van der Waals surface area contributed by atoms with Gasteiger partial charge in [-0.25, -0.2) is 4.79 Å². The van der Waals surface area contributed by atoms with Gasteiger partial charge in [-0.1, -0.05) is 166 Å². The number of likely N-dealkylation sites (N-methyl/N-ethyl adjacent to an activating group) is 1. The molecular formula is C51H94NO7+. The lowest BCUT2D eigenvalue weighted by Gasteiger charge is -2.31. The fourth-order valence-electron chi connectivity index (χ4n) is 7.18. The van der Waals surface area contributed by atoms with Crippen LogP contribution in [0.25, 0.3) is 0 Å². The quantitative estimate of drug-likeness (QED) is 0.0282. The number of esters is 2. The highest BCUT2D eigenvalue weighted by Crippen LogP contribution is 2.15. The number of nitrogens with zero attached hydrogens (tertiary/aromatic N) is 1. The Morgan fingerprint density at radius 2 is 0.898 bits per heavy atom. The summed E-state index contributed by atoms with van der Waals surface area (Å²) in [5, 5.41) is 9.64. The van der Waals surface area contributed by atoms with Crippen molar-refractivity contribution in [2.75, 3.05) is 41.0 Å². The maximum absolute atomic E-state index is 12.8. The first-order valence-electron chi connectivity index (χ1n) is 24.5. The van der Waals surface area contributed by atoms with Gasteiger partial charge >= 0.3 is 17.9 Å². The minimum atomic E-state index is -0.876. The Balaban J connectivity index is 4.27. The Bertz CT molecular complexity index is 1060. The van der Waals surface area contributed by atoms with Gasteiger partial charge in [0, 0.05) is 19.3 Å². The van der Waals surface area contributed by atoms with Crippen molar-refractivity contribution in [2.45, 2.75) is 231 Å². The Hall–Kier alpha value is -2.45. The summed E-state index contributed by atoms with van der Waals surface area (Å²) in [5.41, 5.74) is 0. The molecule has 8 heteroatoms. The average molecular weight is 833 g/mol. The smallest absolute Gasteiger partial charge is 0.362 e. The van der Waals surface area contributed by atoms with Gasteiger partial charge in [0.05, 0.1) is 34.4 Å². The van der Waals surface area contributed by atoms with Crippen molar-refractivity contribution in [3.63, 3.8) is 0 Å². The monoisotopic (exact) mass is 833 g/mol. The molecule has 0 bridgehead atoms. The third-order valence-electron chi connectivity index (χ3n) is 11.0. The SMILES string of the molecule is CCCCCCC/C=C\C/C=C\CCCCCCCCCCCC(=O)OC(COCCC(C(=O)O)[N+](C)(C)C)COC(=O)CCCCCCC/C=C\CCCCCCC. The zero-order chi connectivity index (χ0) is 43.5. The summed E-state index contributed by atoms with van der Waals surface area (Å²) in [6, 6.07) is -0.616. The molecule has 0 aromatic rings. The van der Waals surface area contributed by atoms with Gasteiger partial charge in [-0.2, -0.15) is 0 Å². The molecule has 0 radical (unpaired) electrons. The largest absolute Gasteiger partial charge is 0.477 e. The van der Waals surface area contributed by atoms with Crippen LogP contribution >= 0.6 is 0 Å². The third-order valence-corrected chi connectivity index (χ3v) is 11.0. The molecule has 344 valence electrons. The lowest BCUT2D eigenvalue weighted by Crippen LogP contribution is -2.50. The molecule has 2 atom stereocenters. The molecule has 0 rings (SSSR count). The molecule has 59 heavy (non-hydrogen) atoms. The normalized spacial score (nSPS) is 13.2. The molecule has 0 heterocycles. The lowest BCUT2D eigenvalue weighted by molar-refractivity contribution is -0.887. The highest BCUT2D eigenvalue weighted by Gasteiger charge is 2.31. The second-order valence-electron chi connectivity index (χ2n) is 17.7. The Morgan fingerprint density at radius 1 is 0.508 bits per heavy atom. The molecule has 1 N–H and O–H groups in total. The van der Waals surface area contributed by atoms with E-state index < -0.39 is 18.1 Å². The number of allylic oxidation sites excluding steroid dienone is 6. The average Bonchev–Trinajstić information content (AvgIpc) is 3.19. The number of hydrogen-bond acceptors (Lipinski definition) is 6. The molecular weight excluding hydrogens is 739 g/mol. The number of aliphatic carboxylic acids is 1. The third kappa shape index (κ3) is 40.7. The molecule has 0 spiro atoms. The first kappa shape index (κ1) is 56.5. The van der Waals surface area contributed by atoms with E-state index in [4.69, 9.17) is 14.2 Å². The standard InChI is InChI=1S/C51H93NO7/c1-6-8-10-12-14-16-18-20-22-23-24-25-26-27-28-30-32-34-36-38-40-42-50(54)59-47(45-57-44-43-48(51(55)56)52(3,4)5)46-58-49(53)41-39-37-35-33-31-29-21-19-17-15-13-11-9-7-2/h18-21,23-24,47-48H,6-17,22,25-46H2,1-5H3/p+1/b20-18-,21-19-,24-23-. The van der Waals surface area contributed by atoms with Crippen LogP contribution in [0.15, 0.2) is 36.5 Å². The van der Waals surface area contributed by atoms with E-state index in [1.807, 2.05) is 21.1 Å². The van der Waals surface area contributed by atoms with Crippen molar-refractivity contribution < 1.29 is 38.2 Å². The molecule has 8 nitrogen and oxygen atoms in total. The summed E-state index contributed by atoms with van der Waals surface area (Å²) in [4.78, 5) is 37.1. The van der Waals surface area contributed by atoms with E-state index in [9.17, 15) is 19.5 Å². The van der Waals surface area contributed by atoms with E-state index in [1.54, 1.807) is 0 Å². The predicted molar refractivity (Wildman–Crippen MR) is 248 cm³/mol. The molecule has 0 aliphatic heterocycles. The van der Waals surface area contributed by atoms with Crippen LogP contribution in [0.2, 0.25) is 0 Å². The minimum Gasteiger partial charge on any atom is -0.477 e. The highest BCUT2D eigenvalue weighted by atomic mass is 16.6. The number of ether oxygens (including phenoxy) is 3. The van der Waals surface area contributed by atoms with Crippen LogP contribution in [0.1, 0.15) is 219 Å². The van der Waals surface area contributed by atoms with E-state index in [0.29, 0.717) is 19.3 Å². The number of carbonyl (C=O) groups excluding carboxylic acids is 2. The zero-order valence-corrected chi connectivity index (χ0v) is 39.2. The van der Waals surface area contributed by atoms with Crippen LogP contribution in [-0.4, -0.2) is 80.6 Å². The summed E-state index contributed by atoms with van der Waals surface area (Å²) in [6.45, 7) is 4.72. The molecule has 0 saturated carbocycles. The van der Waals surface area contributed by atoms with Gasteiger partial charge in [0.15, 0.2) is 12.1 Å². The van der Waals surface area contributed by atoms with Crippen molar-refractivity contribution in [2.24, 2.45) is 0 Å². The number of quaternary nitrogens is 1. The molecule has 0 aromatic carbocycles. The molecule has 0 amide bonds. The van der Waals surface area contributed by atoms with E-state index in [0.717, 1.165) is 51.4 Å². The van der Waals surface area contributed by atoms with Crippen LogP contribution in [0, 0.1) is 0 Å². The van der Waals surface area contributed by atoms with Crippen molar-refractivity contribution in [3.05, 3.63) is 36.5 Å². The molecule has 2 unspecified atom stereocenters. The molecule has 0 aliphatic rings. The molecule has 0 fully saturated rings. The van der Waals surface area contributed by atoms with E-state index in [1.165, 1.54) is 135 Å². The van der Waals surface area contributed by atoms with Gasteiger partial charge in [0.1, 0.15) is 6.61 Å². The summed E-state index contributed by atoms with van der Waals surface area (Å²) in [7, 11) is 5.53. The molecule has 0 saturated heterocycles. The van der Waals surface area contributed by atoms with Gasteiger partial charge in [0.2, 0.25) is 0 Å². The predicted octanol–water partition coefficient (Wildman–Crippen LogP) is 13.8. The second-order valence-corrected chi connectivity index (χ2v) is 17.7. The molecule has 0 aromatic heterocycles. The lowest BCUT2D eigenvalue weighted by atomic mass is 10.1. The van der Waals surface area contributed by atoms with Crippen molar-refractivity contribution in [1.29, 1.82) is 0 Å². The Kier molecular flexibility index (Phi) is 40.5. The summed E-state index contributed by atoms with van der Waals surface area (Å²) < 4.78 is 17.3. The highest BCUT2D eigenvalue weighted by molar-refractivity contribution is 5.72. The Labute approximate surface area is 364 Å². The minimum absolute atomic E-state index is 0.0554. The van der Waals surface area contributed by atoms with E-state index >= 15 is 0 Å². The fourth-order valence-corrected chi connectivity index (χ4v) is 7.18. The zero-order valence-electron chi connectivity index (χ0n) is 39.2.